The third-order valence-corrected chi connectivity index (χ3v) is 5.29. The number of alkyl halides is 3. The topological polar surface area (TPSA) is 114 Å². The van der Waals surface area contributed by atoms with Gasteiger partial charge in [-0.15, -0.1) is 0 Å². The largest absolute Gasteiger partial charge is 0.490 e. The number of amides is 1. The zero-order valence-corrected chi connectivity index (χ0v) is 19.7. The van der Waals surface area contributed by atoms with E-state index in [-0.39, 0.29) is 5.91 Å². The molecule has 0 spiro atoms. The van der Waals surface area contributed by atoms with Crippen molar-refractivity contribution in [2.75, 3.05) is 6.54 Å². The van der Waals surface area contributed by atoms with E-state index in [1.165, 1.54) is 0 Å². The van der Waals surface area contributed by atoms with Gasteiger partial charge < -0.3 is 15.0 Å². The lowest BCUT2D eigenvalue weighted by Crippen LogP contribution is -2.26. The number of aliphatic carboxylic acids is 1. The molecule has 0 aliphatic rings. The Kier molecular flexibility index (Phi) is 7.80. The van der Waals surface area contributed by atoms with Gasteiger partial charge in [0, 0.05) is 37.0 Å². The number of carbonyl (C=O) groups is 2. The number of fused-ring (bicyclic) bond motifs is 1. The molecule has 4 aromatic heterocycles. The number of aromatic nitrogens is 5. The van der Waals surface area contributed by atoms with Crippen molar-refractivity contribution in [3.8, 4) is 17.2 Å². The van der Waals surface area contributed by atoms with Gasteiger partial charge in [-0.1, -0.05) is 30.3 Å². The van der Waals surface area contributed by atoms with Crippen LogP contribution < -0.4 is 5.32 Å². The van der Waals surface area contributed by atoms with E-state index < -0.39 is 12.1 Å². The van der Waals surface area contributed by atoms with Gasteiger partial charge in [-0.3, -0.25) is 14.2 Å². The number of hydrogen-bond acceptors (Lipinski definition) is 5. The number of nitrogens with one attached hydrogen (secondary N) is 1. The van der Waals surface area contributed by atoms with Gasteiger partial charge in [0.15, 0.2) is 11.5 Å². The van der Waals surface area contributed by atoms with Gasteiger partial charge >= 0.3 is 12.1 Å². The van der Waals surface area contributed by atoms with Crippen LogP contribution in [0.3, 0.4) is 0 Å². The molecule has 38 heavy (non-hydrogen) atoms. The quantitative estimate of drug-likeness (QED) is 0.346. The number of carboxylic acids is 1. The first-order valence-corrected chi connectivity index (χ1v) is 11.3. The van der Waals surface area contributed by atoms with Crippen LogP contribution in [0.15, 0.2) is 91.8 Å². The van der Waals surface area contributed by atoms with Gasteiger partial charge in [0.1, 0.15) is 12.0 Å². The number of para-hydroxylation sites is 1. The van der Waals surface area contributed by atoms with E-state index in [4.69, 9.17) is 9.90 Å². The van der Waals surface area contributed by atoms with E-state index in [0.717, 1.165) is 16.8 Å². The molecule has 1 aromatic carbocycles. The Labute approximate surface area is 214 Å². The molecular formula is C26H21F3N6O3. The van der Waals surface area contributed by atoms with Crippen molar-refractivity contribution in [2.24, 2.45) is 0 Å². The summed E-state index contributed by atoms with van der Waals surface area (Å²) >= 11 is 0. The van der Waals surface area contributed by atoms with Gasteiger partial charge in [0.2, 0.25) is 0 Å². The summed E-state index contributed by atoms with van der Waals surface area (Å²) in [4.78, 5) is 35.1. The van der Waals surface area contributed by atoms with Crippen LogP contribution in [0, 0.1) is 0 Å². The van der Waals surface area contributed by atoms with E-state index >= 15 is 0 Å². The highest BCUT2D eigenvalue weighted by molar-refractivity contribution is 6.00. The van der Waals surface area contributed by atoms with Gasteiger partial charge in [-0.05, 0) is 42.3 Å². The minimum absolute atomic E-state index is 0.207. The number of carboxylic acid groups (broad SMARTS) is 1. The first-order valence-electron chi connectivity index (χ1n) is 11.3. The lowest BCUT2D eigenvalue weighted by Gasteiger charge is -2.03. The maximum atomic E-state index is 12.9. The summed E-state index contributed by atoms with van der Waals surface area (Å²) in [5.74, 6) is -2.34. The first-order chi connectivity index (χ1) is 18.2. The number of benzene rings is 1. The van der Waals surface area contributed by atoms with Gasteiger partial charge in [0.25, 0.3) is 5.91 Å². The van der Waals surface area contributed by atoms with E-state index in [9.17, 15) is 18.0 Å². The molecule has 0 saturated carbocycles. The Hall–Kier alpha value is -5.00. The van der Waals surface area contributed by atoms with E-state index in [1.54, 1.807) is 18.7 Å². The number of halogens is 3. The van der Waals surface area contributed by atoms with Gasteiger partial charge in [0.05, 0.1) is 5.52 Å². The van der Waals surface area contributed by atoms with Crippen LogP contribution >= 0.6 is 0 Å². The molecule has 0 aliphatic heterocycles. The molecular weight excluding hydrogens is 501 g/mol. The molecule has 1 amide bonds. The third-order valence-electron chi connectivity index (χ3n) is 5.29. The smallest absolute Gasteiger partial charge is 0.475 e. The Balaban J connectivity index is 0.000000426. The van der Waals surface area contributed by atoms with Crippen LogP contribution in [0.1, 0.15) is 16.1 Å². The fourth-order valence-corrected chi connectivity index (χ4v) is 3.52. The van der Waals surface area contributed by atoms with Crippen LogP contribution in [0.4, 0.5) is 13.2 Å². The molecule has 0 saturated heterocycles. The van der Waals surface area contributed by atoms with Crippen molar-refractivity contribution in [1.29, 1.82) is 0 Å². The molecule has 12 heteroatoms. The van der Waals surface area contributed by atoms with Gasteiger partial charge in [-0.2, -0.15) is 13.2 Å². The highest BCUT2D eigenvalue weighted by atomic mass is 19.4. The molecule has 2 N–H and O–H groups in total. The zero-order valence-electron chi connectivity index (χ0n) is 19.7. The van der Waals surface area contributed by atoms with Crippen LogP contribution in [-0.4, -0.2) is 53.6 Å². The zero-order chi connectivity index (χ0) is 27.1. The molecule has 0 radical (unpaired) electrons. The Bertz CT molecular complexity index is 1530. The average Bonchev–Trinajstić information content (AvgIpc) is 3.55. The summed E-state index contributed by atoms with van der Waals surface area (Å²) in [6.45, 7) is 0.508. The Morgan fingerprint density at radius 1 is 1.00 bits per heavy atom. The van der Waals surface area contributed by atoms with Gasteiger partial charge in [-0.25, -0.2) is 14.8 Å². The second-order valence-corrected chi connectivity index (χ2v) is 7.91. The Morgan fingerprint density at radius 2 is 1.74 bits per heavy atom. The summed E-state index contributed by atoms with van der Waals surface area (Å²) in [5, 5.41) is 10.1. The maximum Gasteiger partial charge on any atom is 0.490 e. The SMILES string of the molecule is O=C(NCCc1cccnc1)c1nc(-c2cn(-c3ccccc3)cn2)n2ccccc12.O=C(O)C(F)(F)F. The van der Waals surface area contributed by atoms with Crippen molar-refractivity contribution in [3.63, 3.8) is 0 Å². The molecule has 9 nitrogen and oxygen atoms in total. The molecule has 4 heterocycles. The van der Waals surface area contributed by atoms with Crippen LogP contribution in [0.2, 0.25) is 0 Å². The number of hydrogen-bond donors (Lipinski definition) is 2. The van der Waals surface area contributed by atoms with Crippen LogP contribution in [0.5, 0.6) is 0 Å². The minimum Gasteiger partial charge on any atom is -0.475 e. The lowest BCUT2D eigenvalue weighted by atomic mass is 10.2. The molecule has 0 aliphatic carbocycles. The van der Waals surface area contributed by atoms with E-state index in [0.29, 0.717) is 30.2 Å². The Morgan fingerprint density at radius 3 is 2.42 bits per heavy atom. The summed E-state index contributed by atoms with van der Waals surface area (Å²) in [6, 6.07) is 19.5. The number of rotatable bonds is 6. The predicted octanol–water partition coefficient (Wildman–Crippen LogP) is 4.19. The summed E-state index contributed by atoms with van der Waals surface area (Å²) in [6.07, 6.45) is 4.73. The van der Waals surface area contributed by atoms with E-state index in [1.807, 2.05) is 82.0 Å². The second kappa shape index (κ2) is 11.4. The van der Waals surface area contributed by atoms with Crippen molar-refractivity contribution >= 4 is 17.4 Å². The minimum atomic E-state index is -5.08. The molecule has 5 rings (SSSR count). The number of carbonyl (C=O) groups excluding carboxylic acids is 1. The standard InChI is InChI=1S/C24H20N6O.C2HF3O2/c31-24(26-13-11-18-7-6-12-25-15-18)22-21-10-4-5-14-30(21)23(28-22)20-16-29(17-27-20)19-8-2-1-3-9-19;3-2(4,5)1(6)7/h1-10,12,14-17H,11,13H2,(H,26,31);(H,6,7). The van der Waals surface area contributed by atoms with Crippen LogP contribution in [0.25, 0.3) is 22.7 Å². The third kappa shape index (κ3) is 6.22. The number of imidazole rings is 2. The van der Waals surface area contributed by atoms with Crippen molar-refractivity contribution in [2.45, 2.75) is 12.6 Å². The fraction of sp³-hybridized carbons (Fsp3) is 0.115. The monoisotopic (exact) mass is 522 g/mol. The van der Waals surface area contributed by atoms with Crippen molar-refractivity contribution in [3.05, 3.63) is 103 Å². The highest BCUT2D eigenvalue weighted by Crippen LogP contribution is 2.22. The van der Waals surface area contributed by atoms with E-state index in [2.05, 4.69) is 20.3 Å². The van der Waals surface area contributed by atoms with Crippen molar-refractivity contribution < 1.29 is 27.9 Å². The van der Waals surface area contributed by atoms with Crippen molar-refractivity contribution in [1.82, 2.24) is 29.2 Å². The molecule has 0 unspecified atom stereocenters. The van der Waals surface area contributed by atoms with Crippen LogP contribution in [-0.2, 0) is 11.2 Å². The molecule has 5 aromatic rings. The second-order valence-electron chi connectivity index (χ2n) is 7.91. The molecule has 194 valence electrons. The molecule has 0 bridgehead atoms. The maximum absolute atomic E-state index is 12.9. The number of pyridine rings is 2. The lowest BCUT2D eigenvalue weighted by molar-refractivity contribution is -0.192. The summed E-state index contributed by atoms with van der Waals surface area (Å²) < 4.78 is 35.6. The normalized spacial score (nSPS) is 11.0. The predicted molar refractivity (Wildman–Crippen MR) is 132 cm³/mol. The first kappa shape index (κ1) is 26.1. The fourth-order valence-electron chi connectivity index (χ4n) is 3.52. The molecule has 0 fully saturated rings. The number of nitrogens with zero attached hydrogens (tertiary/aromatic N) is 5. The summed E-state index contributed by atoms with van der Waals surface area (Å²) in [5.41, 5.74) is 3.90. The highest BCUT2D eigenvalue weighted by Gasteiger charge is 2.38. The average molecular weight is 522 g/mol. The molecule has 0 atom stereocenters. The summed E-state index contributed by atoms with van der Waals surface area (Å²) in [7, 11) is 0.